The molecule has 1 unspecified atom stereocenters. The van der Waals surface area contributed by atoms with Gasteiger partial charge in [0, 0.05) is 19.7 Å². The Morgan fingerprint density at radius 2 is 2.19 bits per heavy atom. The first-order valence-electron chi connectivity index (χ1n) is 5.61. The third-order valence-corrected chi connectivity index (χ3v) is 3.00. The minimum atomic E-state index is 0. The van der Waals surface area contributed by atoms with E-state index in [9.17, 15) is 0 Å². The number of rotatable bonds is 5. The number of halogens is 1. The summed E-state index contributed by atoms with van der Waals surface area (Å²) < 4.78 is 5.01. The monoisotopic (exact) mass is 341 g/mol. The first kappa shape index (κ1) is 16.0. The molecule has 1 saturated carbocycles. The van der Waals surface area contributed by atoms with Crippen molar-refractivity contribution in [3.8, 4) is 0 Å². The van der Waals surface area contributed by atoms with Gasteiger partial charge in [-0.2, -0.15) is 0 Å². The van der Waals surface area contributed by atoms with Crippen LogP contribution in [0.2, 0.25) is 0 Å². The Morgan fingerprint density at radius 1 is 1.56 bits per heavy atom. The molecule has 5 heteroatoms. The van der Waals surface area contributed by atoms with E-state index in [1.807, 2.05) is 6.92 Å². The first-order chi connectivity index (χ1) is 7.06. The highest BCUT2D eigenvalue weighted by Crippen LogP contribution is 2.40. The van der Waals surface area contributed by atoms with Crippen LogP contribution in [0.3, 0.4) is 0 Å². The first-order valence-corrected chi connectivity index (χ1v) is 5.61. The van der Waals surface area contributed by atoms with E-state index in [1.54, 1.807) is 7.11 Å². The van der Waals surface area contributed by atoms with Crippen molar-refractivity contribution in [2.75, 3.05) is 20.3 Å². The topological polar surface area (TPSA) is 59.6 Å². The molecule has 1 atom stereocenters. The van der Waals surface area contributed by atoms with E-state index in [0.29, 0.717) is 18.0 Å². The molecule has 1 aliphatic rings. The van der Waals surface area contributed by atoms with Crippen LogP contribution in [0, 0.1) is 5.41 Å². The molecule has 1 fully saturated rings. The number of aliphatic imine (C=N–C) groups is 1. The molecule has 96 valence electrons. The Balaban J connectivity index is 0.00000225. The number of hydrogen-bond acceptors (Lipinski definition) is 2. The smallest absolute Gasteiger partial charge is 0.188 e. The summed E-state index contributed by atoms with van der Waals surface area (Å²) in [6, 6.07) is 0.216. The summed E-state index contributed by atoms with van der Waals surface area (Å²) in [5.74, 6) is 0.535. The minimum Gasteiger partial charge on any atom is -0.383 e. The van der Waals surface area contributed by atoms with Crippen LogP contribution in [0.1, 0.15) is 33.1 Å². The fourth-order valence-electron chi connectivity index (χ4n) is 1.80. The molecular formula is C11H24IN3O. The van der Waals surface area contributed by atoms with Crippen molar-refractivity contribution in [1.29, 1.82) is 0 Å². The van der Waals surface area contributed by atoms with Crippen LogP contribution in [0.25, 0.3) is 0 Å². The number of nitrogens with zero attached hydrogens (tertiary/aromatic N) is 1. The van der Waals surface area contributed by atoms with Crippen molar-refractivity contribution >= 4 is 29.9 Å². The molecular weight excluding hydrogens is 317 g/mol. The van der Waals surface area contributed by atoms with Gasteiger partial charge in [-0.3, -0.25) is 4.99 Å². The summed E-state index contributed by atoms with van der Waals surface area (Å²) in [6.45, 7) is 5.78. The Hall–Kier alpha value is -0.0400. The summed E-state index contributed by atoms with van der Waals surface area (Å²) in [6.07, 6.45) is 3.88. The highest BCUT2D eigenvalue weighted by atomic mass is 127. The molecule has 0 aromatic rings. The van der Waals surface area contributed by atoms with Crippen molar-refractivity contribution < 1.29 is 4.74 Å². The highest BCUT2D eigenvalue weighted by Gasteiger charge is 2.31. The molecule has 0 aromatic heterocycles. The standard InChI is InChI=1S/C11H23N3O.HI/c1-9(7-15-3)14-10(12)13-8-11(2)5-4-6-11;/h9H,4-8H2,1-3H3,(H3,12,13,14);1H. The van der Waals surface area contributed by atoms with Crippen molar-refractivity contribution in [3.05, 3.63) is 0 Å². The zero-order valence-corrected chi connectivity index (χ0v) is 12.8. The maximum absolute atomic E-state index is 5.77. The lowest BCUT2D eigenvalue weighted by Crippen LogP contribution is -2.41. The molecule has 0 aromatic carbocycles. The predicted molar refractivity (Wildman–Crippen MR) is 78.3 cm³/mol. The van der Waals surface area contributed by atoms with E-state index in [2.05, 4.69) is 17.2 Å². The molecule has 0 heterocycles. The van der Waals surface area contributed by atoms with Gasteiger partial charge in [0.2, 0.25) is 0 Å². The minimum absolute atomic E-state index is 0. The molecule has 16 heavy (non-hydrogen) atoms. The van der Waals surface area contributed by atoms with Crippen LogP contribution in [0.4, 0.5) is 0 Å². The van der Waals surface area contributed by atoms with Crippen LogP contribution < -0.4 is 11.1 Å². The van der Waals surface area contributed by atoms with E-state index < -0.39 is 0 Å². The van der Waals surface area contributed by atoms with Gasteiger partial charge in [0.05, 0.1) is 6.61 Å². The second kappa shape index (κ2) is 7.32. The number of guanidine groups is 1. The van der Waals surface area contributed by atoms with E-state index in [4.69, 9.17) is 10.5 Å². The number of nitrogens with two attached hydrogens (primary N) is 1. The number of hydrogen-bond donors (Lipinski definition) is 2. The summed E-state index contributed by atoms with van der Waals surface area (Å²) in [7, 11) is 1.68. The van der Waals surface area contributed by atoms with Crippen LogP contribution >= 0.6 is 24.0 Å². The van der Waals surface area contributed by atoms with Crippen molar-refractivity contribution in [2.45, 2.75) is 39.2 Å². The van der Waals surface area contributed by atoms with Gasteiger partial charge in [-0.25, -0.2) is 0 Å². The van der Waals surface area contributed by atoms with Gasteiger partial charge in [0.1, 0.15) is 0 Å². The van der Waals surface area contributed by atoms with Gasteiger partial charge in [-0.15, -0.1) is 24.0 Å². The Morgan fingerprint density at radius 3 is 2.62 bits per heavy atom. The van der Waals surface area contributed by atoms with Gasteiger partial charge in [0.25, 0.3) is 0 Å². The largest absolute Gasteiger partial charge is 0.383 e. The Labute approximate surface area is 115 Å². The van der Waals surface area contributed by atoms with Gasteiger partial charge in [-0.1, -0.05) is 13.3 Å². The third-order valence-electron chi connectivity index (χ3n) is 3.00. The Bertz CT molecular complexity index is 229. The SMILES string of the molecule is COCC(C)NC(N)=NCC1(C)CCC1.I. The second-order valence-electron chi connectivity index (χ2n) is 4.87. The lowest BCUT2D eigenvalue weighted by atomic mass is 9.71. The van der Waals surface area contributed by atoms with Crippen LogP contribution in [0.5, 0.6) is 0 Å². The average molecular weight is 341 g/mol. The molecule has 0 aliphatic heterocycles. The van der Waals surface area contributed by atoms with Crippen molar-refractivity contribution in [1.82, 2.24) is 5.32 Å². The second-order valence-corrected chi connectivity index (χ2v) is 4.87. The summed E-state index contributed by atoms with van der Waals surface area (Å²) in [4.78, 5) is 4.37. The molecule has 1 aliphatic carbocycles. The maximum atomic E-state index is 5.77. The van der Waals surface area contributed by atoms with Crippen LogP contribution in [-0.4, -0.2) is 32.3 Å². The fourth-order valence-corrected chi connectivity index (χ4v) is 1.80. The lowest BCUT2D eigenvalue weighted by molar-refractivity contribution is 0.172. The Kier molecular flexibility index (Phi) is 7.30. The molecule has 1 rings (SSSR count). The zero-order valence-electron chi connectivity index (χ0n) is 10.5. The predicted octanol–water partition coefficient (Wildman–Crippen LogP) is 1.73. The van der Waals surface area contributed by atoms with E-state index in [1.165, 1.54) is 19.3 Å². The van der Waals surface area contributed by atoms with Crippen molar-refractivity contribution in [3.63, 3.8) is 0 Å². The van der Waals surface area contributed by atoms with Crippen molar-refractivity contribution in [2.24, 2.45) is 16.1 Å². The van der Waals surface area contributed by atoms with Gasteiger partial charge < -0.3 is 15.8 Å². The molecule has 0 amide bonds. The van der Waals surface area contributed by atoms with E-state index >= 15 is 0 Å². The zero-order chi connectivity index (χ0) is 11.3. The molecule has 0 bridgehead atoms. The van der Waals surface area contributed by atoms with E-state index in [0.717, 1.165) is 6.54 Å². The number of nitrogens with one attached hydrogen (secondary N) is 1. The highest BCUT2D eigenvalue weighted by molar-refractivity contribution is 14.0. The normalized spacial score (nSPS) is 20.6. The van der Waals surface area contributed by atoms with Crippen LogP contribution in [-0.2, 0) is 4.74 Å². The van der Waals surface area contributed by atoms with E-state index in [-0.39, 0.29) is 30.0 Å². The average Bonchev–Trinajstić information content (AvgIpc) is 2.12. The summed E-state index contributed by atoms with van der Waals surface area (Å²) in [5.41, 5.74) is 6.17. The third kappa shape index (κ3) is 5.34. The summed E-state index contributed by atoms with van der Waals surface area (Å²) in [5, 5.41) is 3.10. The maximum Gasteiger partial charge on any atom is 0.188 e. The lowest BCUT2D eigenvalue weighted by Gasteiger charge is -2.36. The molecule has 3 N–H and O–H groups in total. The van der Waals surface area contributed by atoms with Gasteiger partial charge >= 0.3 is 0 Å². The number of methoxy groups -OCH3 is 1. The number of ether oxygens (including phenoxy) is 1. The molecule has 0 radical (unpaired) electrons. The molecule has 4 nitrogen and oxygen atoms in total. The quantitative estimate of drug-likeness (QED) is 0.455. The summed E-state index contributed by atoms with van der Waals surface area (Å²) >= 11 is 0. The molecule has 0 spiro atoms. The molecule has 0 saturated heterocycles. The van der Waals surface area contributed by atoms with Gasteiger partial charge in [0.15, 0.2) is 5.96 Å². The van der Waals surface area contributed by atoms with Gasteiger partial charge in [-0.05, 0) is 25.2 Å². The fraction of sp³-hybridized carbons (Fsp3) is 0.909. The van der Waals surface area contributed by atoms with Crippen LogP contribution in [0.15, 0.2) is 4.99 Å².